The first-order chi connectivity index (χ1) is 16.3. The zero-order valence-electron chi connectivity index (χ0n) is 20.1. The molecule has 34 heavy (non-hydrogen) atoms. The number of aromatic nitrogens is 3. The average molecular weight is 477 g/mol. The third-order valence-electron chi connectivity index (χ3n) is 7.17. The normalized spacial score (nSPS) is 16.1. The van der Waals surface area contributed by atoms with Gasteiger partial charge in [0, 0.05) is 41.4 Å². The Morgan fingerprint density at radius 3 is 2.88 bits per heavy atom. The summed E-state index contributed by atoms with van der Waals surface area (Å²) in [5, 5.41) is 4.95. The minimum absolute atomic E-state index is 0.0268. The lowest BCUT2D eigenvalue weighted by Crippen LogP contribution is -2.27. The fourth-order valence-electron chi connectivity index (χ4n) is 5.08. The van der Waals surface area contributed by atoms with Gasteiger partial charge < -0.3 is 15.3 Å². The highest BCUT2D eigenvalue weighted by Gasteiger charge is 2.31. The van der Waals surface area contributed by atoms with Crippen LogP contribution in [0.4, 0.5) is 0 Å². The van der Waals surface area contributed by atoms with Crippen LogP contribution in [-0.2, 0) is 30.5 Å². The molecule has 0 aliphatic heterocycles. The smallest absolute Gasteiger partial charge is 0.259 e. The number of para-hydroxylation sites is 1. The number of hydrogen-bond acceptors (Lipinski definition) is 4. The van der Waals surface area contributed by atoms with Crippen LogP contribution < -0.4 is 10.9 Å². The molecule has 0 radical (unpaired) electrons. The highest BCUT2D eigenvalue weighted by atomic mass is 32.1. The van der Waals surface area contributed by atoms with Crippen molar-refractivity contribution < 1.29 is 4.79 Å². The van der Waals surface area contributed by atoms with E-state index >= 15 is 0 Å². The lowest BCUT2D eigenvalue weighted by molar-refractivity contribution is -0.121. The number of carbonyl (C=O) groups is 1. The number of thiophene rings is 1. The van der Waals surface area contributed by atoms with E-state index in [9.17, 15) is 9.59 Å². The molecular formula is C27H32N4O2S. The predicted molar refractivity (Wildman–Crippen MR) is 139 cm³/mol. The third kappa shape index (κ3) is 4.53. The zero-order valence-corrected chi connectivity index (χ0v) is 20.9. The van der Waals surface area contributed by atoms with Crippen LogP contribution >= 0.6 is 11.3 Å². The molecule has 6 nitrogen and oxygen atoms in total. The van der Waals surface area contributed by atoms with Crippen LogP contribution in [0.15, 0.2) is 35.3 Å². The number of amides is 1. The zero-order chi connectivity index (χ0) is 23.9. The van der Waals surface area contributed by atoms with Gasteiger partial charge in [-0.15, -0.1) is 11.3 Å². The Balaban J connectivity index is 1.20. The molecular weight excluding hydrogens is 444 g/mol. The fourth-order valence-corrected chi connectivity index (χ4v) is 6.40. The molecule has 1 aliphatic carbocycles. The van der Waals surface area contributed by atoms with E-state index in [1.54, 1.807) is 11.3 Å². The minimum atomic E-state index is -0.0635. The molecule has 0 spiro atoms. The maximum atomic E-state index is 12.9. The van der Waals surface area contributed by atoms with Crippen molar-refractivity contribution in [3.8, 4) is 0 Å². The molecule has 1 atom stereocenters. The summed E-state index contributed by atoms with van der Waals surface area (Å²) in [4.78, 5) is 38.4. The summed E-state index contributed by atoms with van der Waals surface area (Å²) in [6, 6.07) is 8.17. The van der Waals surface area contributed by atoms with Crippen molar-refractivity contribution in [2.24, 2.45) is 11.3 Å². The standard InChI is InChI=1S/C27H32N4O2S/c1-27(2,3)17-8-9-19-21(14-17)34-26-24(19)25(33)30-22(31-26)10-11-23(32)28-13-12-16-15-29-20-7-5-4-6-18(16)20/h4-7,15,17,29H,8-14H2,1-3H3,(H,28,32)(H,30,31,33)/t17-/m1/s1. The van der Waals surface area contributed by atoms with Crippen LogP contribution in [0, 0.1) is 11.3 Å². The van der Waals surface area contributed by atoms with E-state index < -0.39 is 0 Å². The van der Waals surface area contributed by atoms with Crippen LogP contribution in [-0.4, -0.2) is 27.4 Å². The molecule has 0 saturated carbocycles. The molecule has 1 aliphatic rings. The maximum Gasteiger partial charge on any atom is 0.259 e. The Morgan fingerprint density at radius 1 is 1.24 bits per heavy atom. The molecule has 1 aromatic carbocycles. The number of H-pyrrole nitrogens is 2. The Kier molecular flexibility index (Phi) is 6.06. The molecule has 1 amide bonds. The van der Waals surface area contributed by atoms with Gasteiger partial charge in [0.1, 0.15) is 10.7 Å². The van der Waals surface area contributed by atoms with Gasteiger partial charge in [-0.25, -0.2) is 4.98 Å². The fraction of sp³-hybridized carbons (Fsp3) is 0.444. The molecule has 0 unspecified atom stereocenters. The number of benzene rings is 1. The Morgan fingerprint density at radius 2 is 2.06 bits per heavy atom. The summed E-state index contributed by atoms with van der Waals surface area (Å²) in [6.45, 7) is 7.47. The summed E-state index contributed by atoms with van der Waals surface area (Å²) < 4.78 is 0. The summed E-state index contributed by atoms with van der Waals surface area (Å²) in [5.74, 6) is 1.19. The van der Waals surface area contributed by atoms with E-state index in [0.717, 1.165) is 41.4 Å². The highest BCUT2D eigenvalue weighted by molar-refractivity contribution is 7.18. The van der Waals surface area contributed by atoms with Gasteiger partial charge in [0.25, 0.3) is 5.56 Å². The highest BCUT2D eigenvalue weighted by Crippen LogP contribution is 2.42. The van der Waals surface area contributed by atoms with Crippen molar-refractivity contribution in [1.29, 1.82) is 0 Å². The first kappa shape index (κ1) is 22.8. The van der Waals surface area contributed by atoms with Crippen molar-refractivity contribution >= 4 is 38.4 Å². The second-order valence-corrected chi connectivity index (χ2v) is 11.5. The monoisotopic (exact) mass is 476 g/mol. The number of nitrogens with zero attached hydrogens (tertiary/aromatic N) is 1. The molecule has 0 saturated heterocycles. The summed E-state index contributed by atoms with van der Waals surface area (Å²) in [5.41, 5.74) is 3.70. The van der Waals surface area contributed by atoms with Crippen LogP contribution in [0.3, 0.4) is 0 Å². The van der Waals surface area contributed by atoms with Crippen LogP contribution in [0.1, 0.15) is 55.4 Å². The van der Waals surface area contributed by atoms with Crippen LogP contribution in [0.25, 0.3) is 21.1 Å². The predicted octanol–water partition coefficient (Wildman–Crippen LogP) is 4.91. The average Bonchev–Trinajstić information content (AvgIpc) is 3.38. The largest absolute Gasteiger partial charge is 0.361 e. The number of rotatable bonds is 6. The topological polar surface area (TPSA) is 90.6 Å². The van der Waals surface area contributed by atoms with E-state index in [2.05, 4.69) is 48.2 Å². The van der Waals surface area contributed by atoms with E-state index in [4.69, 9.17) is 4.98 Å². The minimum Gasteiger partial charge on any atom is -0.361 e. The Bertz CT molecular complexity index is 1410. The first-order valence-electron chi connectivity index (χ1n) is 12.1. The Hall–Kier alpha value is -2.93. The van der Waals surface area contributed by atoms with Gasteiger partial charge in [0.2, 0.25) is 5.91 Å². The molecule has 5 rings (SSSR count). The number of hydrogen-bond donors (Lipinski definition) is 3. The molecule has 0 bridgehead atoms. The maximum absolute atomic E-state index is 12.9. The van der Waals surface area contributed by atoms with E-state index in [1.165, 1.54) is 21.4 Å². The van der Waals surface area contributed by atoms with E-state index in [-0.39, 0.29) is 16.9 Å². The van der Waals surface area contributed by atoms with Gasteiger partial charge in [-0.3, -0.25) is 9.59 Å². The van der Waals surface area contributed by atoms with Gasteiger partial charge >= 0.3 is 0 Å². The number of fused-ring (bicyclic) bond motifs is 4. The molecule has 4 aromatic rings. The Labute approximate surface area is 203 Å². The number of carbonyl (C=O) groups excluding carboxylic acids is 1. The lowest BCUT2D eigenvalue weighted by atomic mass is 9.72. The van der Waals surface area contributed by atoms with Crippen LogP contribution in [0.5, 0.6) is 0 Å². The number of aryl methyl sites for hydroxylation is 2. The van der Waals surface area contributed by atoms with Gasteiger partial charge in [0.15, 0.2) is 0 Å². The van der Waals surface area contributed by atoms with E-state index in [1.807, 2.05) is 18.3 Å². The molecule has 178 valence electrons. The van der Waals surface area contributed by atoms with Gasteiger partial charge in [-0.1, -0.05) is 39.0 Å². The SMILES string of the molecule is CC(C)(C)[C@@H]1CCc2c(sc3nc(CCC(=O)NCCc4c[nH]c5ccccc45)[nH]c(=O)c23)C1. The van der Waals surface area contributed by atoms with Crippen molar-refractivity contribution in [3.63, 3.8) is 0 Å². The number of aromatic amines is 2. The van der Waals surface area contributed by atoms with E-state index in [0.29, 0.717) is 31.1 Å². The molecule has 0 fully saturated rings. The second kappa shape index (κ2) is 9.02. The van der Waals surface area contributed by atoms with Crippen LogP contribution in [0.2, 0.25) is 0 Å². The molecule has 3 N–H and O–H groups in total. The second-order valence-electron chi connectivity index (χ2n) is 10.5. The summed E-state index contributed by atoms with van der Waals surface area (Å²) in [6.07, 6.45) is 6.59. The summed E-state index contributed by atoms with van der Waals surface area (Å²) >= 11 is 1.66. The van der Waals surface area contributed by atoms with Gasteiger partial charge in [-0.2, -0.15) is 0 Å². The van der Waals surface area contributed by atoms with Gasteiger partial charge in [0.05, 0.1) is 5.39 Å². The molecule has 7 heteroatoms. The lowest BCUT2D eigenvalue weighted by Gasteiger charge is -2.33. The van der Waals surface area contributed by atoms with Gasteiger partial charge in [-0.05, 0) is 54.2 Å². The first-order valence-corrected chi connectivity index (χ1v) is 13.0. The quantitative estimate of drug-likeness (QED) is 0.369. The molecule has 3 aromatic heterocycles. The van der Waals surface area contributed by atoms with Crippen molar-refractivity contribution in [1.82, 2.24) is 20.3 Å². The van der Waals surface area contributed by atoms with Crippen molar-refractivity contribution in [2.45, 2.75) is 59.3 Å². The third-order valence-corrected chi connectivity index (χ3v) is 8.32. The van der Waals surface area contributed by atoms with Crippen molar-refractivity contribution in [2.75, 3.05) is 6.54 Å². The van der Waals surface area contributed by atoms with Crippen molar-refractivity contribution in [3.05, 3.63) is 62.6 Å². The number of nitrogens with one attached hydrogen (secondary N) is 3. The summed E-state index contributed by atoms with van der Waals surface area (Å²) in [7, 11) is 0. The molecule has 3 heterocycles.